The molecule has 0 aliphatic carbocycles. The maximum absolute atomic E-state index is 13.3. The van der Waals surface area contributed by atoms with E-state index < -0.39 is 17.3 Å². The second kappa shape index (κ2) is 10.1. The summed E-state index contributed by atoms with van der Waals surface area (Å²) in [7, 11) is 4.36. The molecule has 0 atom stereocenters. The van der Waals surface area contributed by atoms with Crippen LogP contribution in [0.4, 0.5) is 24.8 Å². The molecule has 16 heteroatoms. The van der Waals surface area contributed by atoms with Crippen LogP contribution < -0.4 is 20.3 Å². The van der Waals surface area contributed by atoms with Gasteiger partial charge in [0.05, 0.1) is 37.0 Å². The molecule has 5 rings (SSSR count). The van der Waals surface area contributed by atoms with E-state index >= 15 is 0 Å². The number of nitrogens with one attached hydrogen (secondary N) is 1. The van der Waals surface area contributed by atoms with E-state index in [0.29, 0.717) is 35.9 Å². The first-order chi connectivity index (χ1) is 18.6. The second-order valence-corrected chi connectivity index (χ2v) is 8.67. The van der Waals surface area contributed by atoms with E-state index in [0.717, 1.165) is 16.8 Å². The van der Waals surface area contributed by atoms with E-state index in [1.165, 1.54) is 34.7 Å². The summed E-state index contributed by atoms with van der Waals surface area (Å²) in [6, 6.07) is 0.721. The Labute approximate surface area is 222 Å². The molecular formula is C23H20ClF3N8O4. The Bertz CT molecular complexity index is 1750. The summed E-state index contributed by atoms with van der Waals surface area (Å²) < 4.78 is 60.0. The molecule has 0 radical (unpaired) electrons. The fraction of sp³-hybridized carbons (Fsp3) is 0.261. The van der Waals surface area contributed by atoms with Crippen molar-refractivity contribution >= 4 is 39.9 Å². The number of fused-ring (bicyclic) bond motifs is 2. The van der Waals surface area contributed by atoms with Gasteiger partial charge in [0.2, 0.25) is 11.8 Å². The molecule has 1 N–H and O–H groups in total. The fourth-order valence-corrected chi connectivity index (χ4v) is 4.02. The molecule has 0 saturated carbocycles. The van der Waals surface area contributed by atoms with Crippen molar-refractivity contribution in [2.24, 2.45) is 14.1 Å². The first kappa shape index (κ1) is 26.2. The molecule has 5 aromatic heterocycles. The van der Waals surface area contributed by atoms with E-state index in [9.17, 15) is 18.0 Å². The largest absolute Gasteiger partial charge is 0.474 e. The number of hydrogen-bond acceptors (Lipinski definition) is 9. The number of aromatic nitrogens is 7. The molecule has 0 aliphatic rings. The highest BCUT2D eigenvalue weighted by atomic mass is 35.5. The lowest BCUT2D eigenvalue weighted by atomic mass is 10.2. The number of alkyl halides is 3. The summed E-state index contributed by atoms with van der Waals surface area (Å²) in [5.74, 6) is 0.904. The zero-order chi connectivity index (χ0) is 27.9. The molecule has 0 amide bonds. The summed E-state index contributed by atoms with van der Waals surface area (Å²) in [4.78, 5) is 25.3. The van der Waals surface area contributed by atoms with Crippen molar-refractivity contribution in [3.05, 3.63) is 58.0 Å². The lowest BCUT2D eigenvalue weighted by molar-refractivity contribution is -0.138. The zero-order valence-electron chi connectivity index (χ0n) is 20.7. The van der Waals surface area contributed by atoms with E-state index in [4.69, 9.17) is 25.8 Å². The smallest absolute Gasteiger partial charge is 0.417 e. The van der Waals surface area contributed by atoms with Gasteiger partial charge in [-0.2, -0.15) is 23.3 Å². The molecule has 39 heavy (non-hydrogen) atoms. The van der Waals surface area contributed by atoms with E-state index in [1.54, 1.807) is 20.4 Å². The summed E-state index contributed by atoms with van der Waals surface area (Å²) >= 11 is 6.63. The Kier molecular flexibility index (Phi) is 6.78. The number of rotatable bonds is 8. The van der Waals surface area contributed by atoms with Crippen LogP contribution in [0.25, 0.3) is 16.7 Å². The van der Waals surface area contributed by atoms with E-state index in [2.05, 4.69) is 25.4 Å². The molecule has 5 aromatic rings. The maximum Gasteiger partial charge on any atom is 0.417 e. The van der Waals surface area contributed by atoms with Crippen molar-refractivity contribution in [3.63, 3.8) is 0 Å². The number of methoxy groups -OCH3 is 1. The highest BCUT2D eigenvalue weighted by Gasteiger charge is 2.32. The monoisotopic (exact) mass is 564 g/mol. The predicted molar refractivity (Wildman–Crippen MR) is 134 cm³/mol. The standard InChI is InChI=1S/C23H20ClF3N8O4/c1-33-10-12(23(25,26)27)6-13(21(33)36)31-22-32-20-19(34(22)2)18(24)16(8-29-20)39-15-9-30-35-11-17(28-7-14(15)35)38-5-4-37-3/h6-11H,4-5H2,1-3H3,(H,29,31,32). The van der Waals surface area contributed by atoms with Crippen LogP contribution in [0.3, 0.4) is 0 Å². The van der Waals surface area contributed by atoms with Crippen LogP contribution in [0, 0.1) is 0 Å². The number of hydrogen-bond donors (Lipinski definition) is 1. The molecule has 0 aliphatic heterocycles. The average Bonchev–Trinajstić information content (AvgIpc) is 3.43. The molecular weight excluding hydrogens is 545 g/mol. The lowest BCUT2D eigenvalue weighted by Gasteiger charge is -2.12. The minimum atomic E-state index is -4.64. The van der Waals surface area contributed by atoms with Crippen LogP contribution in [0.1, 0.15) is 5.56 Å². The number of aryl methyl sites for hydroxylation is 2. The van der Waals surface area contributed by atoms with Crippen molar-refractivity contribution < 1.29 is 27.4 Å². The quantitative estimate of drug-likeness (QED) is 0.279. The maximum atomic E-state index is 13.3. The highest BCUT2D eigenvalue weighted by molar-refractivity contribution is 6.36. The summed E-state index contributed by atoms with van der Waals surface area (Å²) in [5, 5.41) is 7.03. The van der Waals surface area contributed by atoms with Crippen LogP contribution in [0.2, 0.25) is 5.02 Å². The van der Waals surface area contributed by atoms with Gasteiger partial charge in [0, 0.05) is 27.4 Å². The third-order valence-electron chi connectivity index (χ3n) is 5.66. The van der Waals surface area contributed by atoms with Crippen molar-refractivity contribution in [2.45, 2.75) is 6.18 Å². The fourth-order valence-electron chi connectivity index (χ4n) is 3.72. The lowest BCUT2D eigenvalue weighted by Crippen LogP contribution is -2.23. The average molecular weight is 565 g/mol. The van der Waals surface area contributed by atoms with Crippen LogP contribution in [-0.4, -0.2) is 54.0 Å². The van der Waals surface area contributed by atoms with Gasteiger partial charge in [0.1, 0.15) is 28.4 Å². The molecule has 0 aromatic carbocycles. The SMILES string of the molecule is COCCOc1cn2ncc(Oc3cnc4nc(Nc5cc(C(F)(F)F)cn(C)c5=O)n(C)c4c3Cl)c2cn1. The minimum Gasteiger partial charge on any atom is -0.474 e. The molecule has 0 unspecified atom stereocenters. The summed E-state index contributed by atoms with van der Waals surface area (Å²) in [6.07, 6.45) is 2.00. The third-order valence-corrected chi connectivity index (χ3v) is 6.03. The number of halogens is 4. The van der Waals surface area contributed by atoms with Gasteiger partial charge in [-0.3, -0.25) is 4.79 Å². The molecule has 204 valence electrons. The van der Waals surface area contributed by atoms with Crippen LogP contribution in [0.15, 0.2) is 41.8 Å². The van der Waals surface area contributed by atoms with Gasteiger partial charge >= 0.3 is 6.18 Å². The molecule has 0 fully saturated rings. The Morgan fingerprint density at radius 1 is 1.08 bits per heavy atom. The van der Waals surface area contributed by atoms with Crippen LogP contribution in [-0.2, 0) is 25.0 Å². The van der Waals surface area contributed by atoms with Crippen molar-refractivity contribution in [2.75, 3.05) is 25.6 Å². The second-order valence-electron chi connectivity index (χ2n) is 8.29. The topological polar surface area (TPSA) is 123 Å². The van der Waals surface area contributed by atoms with E-state index in [1.807, 2.05) is 0 Å². The number of imidazole rings is 1. The number of pyridine rings is 2. The molecule has 0 saturated heterocycles. The number of ether oxygens (including phenoxy) is 3. The zero-order valence-corrected chi connectivity index (χ0v) is 21.4. The summed E-state index contributed by atoms with van der Waals surface area (Å²) in [5.41, 5.74) is -0.952. The highest BCUT2D eigenvalue weighted by Crippen LogP contribution is 2.37. The normalized spacial score (nSPS) is 11.9. The number of nitrogens with zero attached hydrogens (tertiary/aromatic N) is 7. The molecule has 5 heterocycles. The Morgan fingerprint density at radius 3 is 2.62 bits per heavy atom. The molecule has 0 bridgehead atoms. The first-order valence-electron chi connectivity index (χ1n) is 11.3. The predicted octanol–water partition coefficient (Wildman–Crippen LogP) is 3.94. The van der Waals surface area contributed by atoms with Gasteiger partial charge < -0.3 is 28.7 Å². The molecule has 0 spiro atoms. The molecule has 12 nitrogen and oxygen atoms in total. The van der Waals surface area contributed by atoms with Gasteiger partial charge in [-0.05, 0) is 6.07 Å². The van der Waals surface area contributed by atoms with E-state index in [-0.39, 0.29) is 28.1 Å². The van der Waals surface area contributed by atoms with Crippen molar-refractivity contribution in [1.29, 1.82) is 0 Å². The summed E-state index contributed by atoms with van der Waals surface area (Å²) in [6.45, 7) is 0.730. The Morgan fingerprint density at radius 2 is 1.87 bits per heavy atom. The van der Waals surface area contributed by atoms with Crippen molar-refractivity contribution in [3.8, 4) is 17.4 Å². The van der Waals surface area contributed by atoms with Gasteiger partial charge in [-0.1, -0.05) is 11.6 Å². The van der Waals surface area contributed by atoms with Crippen LogP contribution >= 0.6 is 11.6 Å². The van der Waals surface area contributed by atoms with Gasteiger partial charge in [-0.25, -0.2) is 14.5 Å². The van der Waals surface area contributed by atoms with Gasteiger partial charge in [0.25, 0.3) is 5.56 Å². The van der Waals surface area contributed by atoms with Gasteiger partial charge in [-0.15, -0.1) is 0 Å². The Hall–Kier alpha value is -4.37. The van der Waals surface area contributed by atoms with Crippen molar-refractivity contribution in [1.82, 2.24) is 33.7 Å². The number of anilines is 2. The van der Waals surface area contributed by atoms with Gasteiger partial charge in [0.15, 0.2) is 17.1 Å². The Balaban J connectivity index is 1.45. The van der Waals surface area contributed by atoms with Crippen LogP contribution in [0.5, 0.6) is 17.4 Å². The third kappa shape index (κ3) is 5.05. The minimum absolute atomic E-state index is 0.0501. The first-order valence-corrected chi connectivity index (χ1v) is 11.6.